The second kappa shape index (κ2) is 8.80. The first-order chi connectivity index (χ1) is 13.8. The minimum Gasteiger partial charge on any atom is -0.167 e. The summed E-state index contributed by atoms with van der Waals surface area (Å²) in [6.45, 7) is 0. The SMILES string of the molecule is BrCc1ccc(-[n+]2ccc(-c3cc[n+](-c4ccc(CBr)cc4)cc3)cc2)cc1. The van der Waals surface area contributed by atoms with Gasteiger partial charge in [0, 0.05) is 59.2 Å². The zero-order chi connectivity index (χ0) is 19.3. The van der Waals surface area contributed by atoms with Crippen molar-refractivity contribution in [3.05, 3.63) is 109 Å². The van der Waals surface area contributed by atoms with Crippen LogP contribution in [0.25, 0.3) is 22.5 Å². The fraction of sp³-hybridized carbons (Fsp3) is 0.0833. The molecule has 2 aromatic heterocycles. The summed E-state index contributed by atoms with van der Waals surface area (Å²) in [7, 11) is 0. The van der Waals surface area contributed by atoms with Crippen molar-refractivity contribution in [1.29, 1.82) is 0 Å². The summed E-state index contributed by atoms with van der Waals surface area (Å²) in [4.78, 5) is 0. The Morgan fingerprint density at radius 1 is 0.464 bits per heavy atom. The predicted octanol–water partition coefficient (Wildman–Crippen LogP) is 5.70. The van der Waals surface area contributed by atoms with Crippen molar-refractivity contribution in [2.75, 3.05) is 0 Å². The van der Waals surface area contributed by atoms with Crippen LogP contribution in [-0.2, 0) is 10.7 Å². The molecule has 0 atom stereocenters. The maximum atomic E-state index is 3.49. The number of hydrogen-bond acceptors (Lipinski definition) is 0. The monoisotopic (exact) mass is 494 g/mol. The van der Waals surface area contributed by atoms with E-state index < -0.39 is 0 Å². The van der Waals surface area contributed by atoms with E-state index >= 15 is 0 Å². The minimum absolute atomic E-state index is 0.881. The van der Waals surface area contributed by atoms with E-state index in [1.807, 2.05) is 0 Å². The molecular weight excluding hydrogens is 476 g/mol. The van der Waals surface area contributed by atoms with Crippen molar-refractivity contribution in [3.8, 4) is 22.5 Å². The number of nitrogens with zero attached hydrogens (tertiary/aromatic N) is 2. The number of pyridine rings is 2. The lowest BCUT2D eigenvalue weighted by atomic mass is 10.1. The normalized spacial score (nSPS) is 10.8. The third-order valence-corrected chi connectivity index (χ3v) is 6.06. The van der Waals surface area contributed by atoms with Gasteiger partial charge in [-0.25, -0.2) is 0 Å². The van der Waals surface area contributed by atoms with Crippen LogP contribution in [0.15, 0.2) is 97.6 Å². The first-order valence-electron chi connectivity index (χ1n) is 9.10. The van der Waals surface area contributed by atoms with Crippen LogP contribution >= 0.6 is 31.9 Å². The summed E-state index contributed by atoms with van der Waals surface area (Å²) in [6.07, 6.45) is 8.44. The Kier molecular flexibility index (Phi) is 5.98. The van der Waals surface area contributed by atoms with Gasteiger partial charge in [-0.2, -0.15) is 9.13 Å². The van der Waals surface area contributed by atoms with Crippen molar-refractivity contribution in [2.24, 2.45) is 0 Å². The van der Waals surface area contributed by atoms with Gasteiger partial charge >= 0.3 is 0 Å². The van der Waals surface area contributed by atoms with Crippen LogP contribution in [0.2, 0.25) is 0 Å². The van der Waals surface area contributed by atoms with Gasteiger partial charge in [-0.1, -0.05) is 56.1 Å². The maximum absolute atomic E-state index is 3.49. The highest BCUT2D eigenvalue weighted by Crippen LogP contribution is 2.17. The van der Waals surface area contributed by atoms with E-state index in [0.717, 1.165) is 22.0 Å². The number of rotatable bonds is 5. The zero-order valence-corrected chi connectivity index (χ0v) is 18.5. The standard InChI is InChI=1S/C24H20Br2N2/c25-17-19-1-5-23(6-2-19)27-13-9-21(10-14-27)22-11-15-28(16-12-22)24-7-3-20(18-26)4-8-24/h1-16H,17-18H2/q+2. The highest BCUT2D eigenvalue weighted by Gasteiger charge is 2.09. The fourth-order valence-electron chi connectivity index (χ4n) is 3.10. The van der Waals surface area contributed by atoms with E-state index in [2.05, 4.69) is 139 Å². The van der Waals surface area contributed by atoms with Crippen LogP contribution in [0.1, 0.15) is 11.1 Å². The molecule has 0 saturated carbocycles. The highest BCUT2D eigenvalue weighted by molar-refractivity contribution is 9.08. The maximum Gasteiger partial charge on any atom is 0.210 e. The lowest BCUT2D eigenvalue weighted by molar-refractivity contribution is -0.596. The van der Waals surface area contributed by atoms with E-state index in [-0.39, 0.29) is 0 Å². The topological polar surface area (TPSA) is 7.76 Å². The Hall–Kier alpha value is -2.30. The van der Waals surface area contributed by atoms with E-state index in [9.17, 15) is 0 Å². The van der Waals surface area contributed by atoms with Crippen LogP contribution in [0, 0.1) is 0 Å². The third-order valence-electron chi connectivity index (χ3n) is 4.77. The van der Waals surface area contributed by atoms with Gasteiger partial charge < -0.3 is 0 Å². The van der Waals surface area contributed by atoms with Crippen LogP contribution in [0.4, 0.5) is 0 Å². The second-order valence-electron chi connectivity index (χ2n) is 6.59. The lowest BCUT2D eigenvalue weighted by Crippen LogP contribution is -2.29. The van der Waals surface area contributed by atoms with Gasteiger partial charge in [0.2, 0.25) is 11.4 Å². The van der Waals surface area contributed by atoms with Gasteiger partial charge in [0.1, 0.15) is 0 Å². The molecule has 2 heterocycles. The molecule has 0 spiro atoms. The molecule has 0 fully saturated rings. The minimum atomic E-state index is 0.881. The van der Waals surface area contributed by atoms with Gasteiger partial charge in [-0.05, 0) is 22.3 Å². The Labute approximate surface area is 182 Å². The van der Waals surface area contributed by atoms with Crippen LogP contribution in [-0.4, -0.2) is 0 Å². The van der Waals surface area contributed by atoms with Crippen molar-refractivity contribution in [2.45, 2.75) is 10.7 Å². The predicted molar refractivity (Wildman–Crippen MR) is 120 cm³/mol. The summed E-state index contributed by atoms with van der Waals surface area (Å²) < 4.78 is 4.27. The van der Waals surface area contributed by atoms with Gasteiger partial charge in [-0.3, -0.25) is 0 Å². The van der Waals surface area contributed by atoms with E-state index in [0.29, 0.717) is 0 Å². The fourth-order valence-corrected chi connectivity index (χ4v) is 3.84. The number of hydrogen-bond donors (Lipinski definition) is 0. The molecule has 28 heavy (non-hydrogen) atoms. The van der Waals surface area contributed by atoms with E-state index in [1.165, 1.54) is 22.3 Å². The van der Waals surface area contributed by atoms with Gasteiger partial charge in [0.15, 0.2) is 24.8 Å². The molecule has 0 saturated heterocycles. The molecule has 0 radical (unpaired) electrons. The largest absolute Gasteiger partial charge is 0.210 e. The van der Waals surface area contributed by atoms with E-state index in [4.69, 9.17) is 0 Å². The Morgan fingerprint density at radius 3 is 1.07 bits per heavy atom. The Balaban J connectivity index is 1.53. The molecule has 4 rings (SSSR count). The molecule has 0 amide bonds. The molecule has 2 aromatic carbocycles. The average Bonchev–Trinajstić information content (AvgIpc) is 2.79. The lowest BCUT2D eigenvalue weighted by Gasteiger charge is -2.02. The van der Waals surface area contributed by atoms with Crippen molar-refractivity contribution in [1.82, 2.24) is 0 Å². The molecule has 0 bridgehead atoms. The molecule has 0 N–H and O–H groups in total. The molecule has 2 nitrogen and oxygen atoms in total. The van der Waals surface area contributed by atoms with E-state index in [1.54, 1.807) is 0 Å². The number of halogens is 2. The van der Waals surface area contributed by atoms with Gasteiger partial charge in [0.05, 0.1) is 0 Å². The quantitative estimate of drug-likeness (QED) is 0.248. The second-order valence-corrected chi connectivity index (χ2v) is 7.71. The molecule has 138 valence electrons. The van der Waals surface area contributed by atoms with Crippen LogP contribution < -0.4 is 9.13 Å². The molecule has 0 aliphatic carbocycles. The zero-order valence-electron chi connectivity index (χ0n) is 15.3. The molecule has 4 aromatic rings. The first-order valence-corrected chi connectivity index (χ1v) is 11.3. The summed E-state index contributed by atoms with van der Waals surface area (Å²) >= 11 is 6.98. The summed E-state index contributed by atoms with van der Waals surface area (Å²) in [5, 5.41) is 1.76. The molecule has 0 aliphatic heterocycles. The van der Waals surface area contributed by atoms with Crippen LogP contribution in [0.5, 0.6) is 0 Å². The van der Waals surface area contributed by atoms with Crippen LogP contribution in [0.3, 0.4) is 0 Å². The summed E-state index contributed by atoms with van der Waals surface area (Å²) in [6, 6.07) is 25.8. The average molecular weight is 496 g/mol. The smallest absolute Gasteiger partial charge is 0.167 e. The number of alkyl halides is 2. The van der Waals surface area contributed by atoms with Gasteiger partial charge in [0.25, 0.3) is 0 Å². The molecule has 0 unspecified atom stereocenters. The first kappa shape index (κ1) is 19.0. The van der Waals surface area contributed by atoms with Crippen molar-refractivity contribution in [3.63, 3.8) is 0 Å². The van der Waals surface area contributed by atoms with Crippen molar-refractivity contribution >= 4 is 31.9 Å². The molecule has 4 heteroatoms. The summed E-state index contributed by atoms with van der Waals surface area (Å²) in [5.41, 5.74) is 7.29. The molecular formula is C24H20Br2N2+2. The number of benzene rings is 2. The summed E-state index contributed by atoms with van der Waals surface area (Å²) in [5.74, 6) is 0. The Morgan fingerprint density at radius 2 is 0.786 bits per heavy atom. The highest BCUT2D eigenvalue weighted by atomic mass is 79.9. The third kappa shape index (κ3) is 4.23. The van der Waals surface area contributed by atoms with Gasteiger partial charge in [-0.15, -0.1) is 0 Å². The van der Waals surface area contributed by atoms with Crippen molar-refractivity contribution < 1.29 is 9.13 Å². The molecule has 0 aliphatic rings. The Bertz CT molecular complexity index is 951. The number of aromatic nitrogens is 2.